The van der Waals surface area contributed by atoms with Crippen LogP contribution < -0.4 is 10.6 Å². The van der Waals surface area contributed by atoms with E-state index < -0.39 is 24.0 Å². The van der Waals surface area contributed by atoms with Crippen molar-refractivity contribution >= 4 is 23.8 Å². The summed E-state index contributed by atoms with van der Waals surface area (Å²) < 4.78 is 10.1. The van der Waals surface area contributed by atoms with Crippen LogP contribution >= 0.6 is 0 Å². The number of rotatable bonds is 9. The van der Waals surface area contributed by atoms with E-state index in [1.807, 2.05) is 62.4 Å². The third-order valence-electron chi connectivity index (χ3n) is 6.21. The quantitative estimate of drug-likeness (QED) is 0.418. The predicted octanol–water partition coefficient (Wildman–Crippen LogP) is 4.05. The van der Waals surface area contributed by atoms with Crippen LogP contribution in [0.15, 0.2) is 53.2 Å². The topological polar surface area (TPSA) is 144 Å². The van der Waals surface area contributed by atoms with Crippen LogP contribution in [0.5, 0.6) is 0 Å². The van der Waals surface area contributed by atoms with Crippen molar-refractivity contribution in [2.24, 2.45) is 5.92 Å². The minimum Gasteiger partial charge on any atom is -0.480 e. The van der Waals surface area contributed by atoms with Crippen molar-refractivity contribution in [2.45, 2.75) is 38.6 Å². The number of fused-ring (bicyclic) bond motifs is 3. The van der Waals surface area contributed by atoms with Crippen molar-refractivity contribution < 1.29 is 28.9 Å². The molecule has 3 N–H and O–H groups in total. The van der Waals surface area contributed by atoms with E-state index in [4.69, 9.17) is 4.74 Å². The van der Waals surface area contributed by atoms with Gasteiger partial charge in [-0.15, -0.1) is 0 Å². The van der Waals surface area contributed by atoms with Crippen LogP contribution in [0.2, 0.25) is 0 Å². The Morgan fingerprint density at radius 3 is 2.29 bits per heavy atom. The SMILES string of the molecule is CCC(C)CC(NC(=O)c1nonc1NC(=O)OCC1c2ccccc2-c2ccccc21)C(=O)O. The van der Waals surface area contributed by atoms with E-state index in [-0.39, 0.29) is 36.4 Å². The van der Waals surface area contributed by atoms with Gasteiger partial charge in [0.25, 0.3) is 5.91 Å². The molecule has 2 atom stereocenters. The molecule has 0 saturated carbocycles. The molecule has 1 aliphatic rings. The van der Waals surface area contributed by atoms with E-state index in [2.05, 4.69) is 25.6 Å². The summed E-state index contributed by atoms with van der Waals surface area (Å²) in [6.45, 7) is 3.90. The van der Waals surface area contributed by atoms with Crippen molar-refractivity contribution in [3.63, 3.8) is 0 Å². The Balaban J connectivity index is 1.40. The van der Waals surface area contributed by atoms with Gasteiger partial charge in [0, 0.05) is 5.92 Å². The third-order valence-corrected chi connectivity index (χ3v) is 6.21. The van der Waals surface area contributed by atoms with Crippen LogP contribution in [0.25, 0.3) is 11.1 Å². The highest BCUT2D eigenvalue weighted by Gasteiger charge is 2.30. The van der Waals surface area contributed by atoms with Crippen LogP contribution in [0.3, 0.4) is 0 Å². The van der Waals surface area contributed by atoms with Crippen LogP contribution in [0.4, 0.5) is 10.6 Å². The van der Waals surface area contributed by atoms with Crippen molar-refractivity contribution in [2.75, 3.05) is 11.9 Å². The Kier molecular flexibility index (Phi) is 7.09. The smallest absolute Gasteiger partial charge is 0.412 e. The lowest BCUT2D eigenvalue weighted by atomic mass is 9.98. The summed E-state index contributed by atoms with van der Waals surface area (Å²) in [5, 5.41) is 21.3. The fourth-order valence-electron chi connectivity index (χ4n) is 4.17. The van der Waals surface area contributed by atoms with Gasteiger partial charge < -0.3 is 15.2 Å². The number of nitrogens with zero attached hydrogens (tertiary/aromatic N) is 2. The summed E-state index contributed by atoms with van der Waals surface area (Å²) in [5.74, 6) is -2.29. The summed E-state index contributed by atoms with van der Waals surface area (Å²) in [4.78, 5) is 36.7. The molecule has 0 radical (unpaired) electrons. The average molecular weight is 479 g/mol. The lowest BCUT2D eigenvalue weighted by molar-refractivity contribution is -0.139. The number of benzene rings is 2. The number of anilines is 1. The first kappa shape index (κ1) is 23.9. The Morgan fingerprint density at radius 1 is 1.06 bits per heavy atom. The highest BCUT2D eigenvalue weighted by molar-refractivity contribution is 6.01. The average Bonchev–Trinajstić information content (AvgIpc) is 3.44. The molecule has 2 aromatic carbocycles. The van der Waals surface area contributed by atoms with Gasteiger partial charge in [0.15, 0.2) is 0 Å². The number of hydrogen-bond acceptors (Lipinski definition) is 7. The molecule has 182 valence electrons. The van der Waals surface area contributed by atoms with Gasteiger partial charge in [0.1, 0.15) is 12.6 Å². The van der Waals surface area contributed by atoms with Crippen LogP contribution in [-0.2, 0) is 9.53 Å². The van der Waals surface area contributed by atoms with Gasteiger partial charge in [-0.2, -0.15) is 0 Å². The Hall–Kier alpha value is -4.21. The fourth-order valence-corrected chi connectivity index (χ4v) is 4.17. The zero-order chi connectivity index (χ0) is 24.9. The van der Waals surface area contributed by atoms with Crippen LogP contribution in [0, 0.1) is 5.92 Å². The number of carbonyl (C=O) groups excluding carboxylic acids is 2. The summed E-state index contributed by atoms with van der Waals surface area (Å²) in [6.07, 6.45) is 0.170. The van der Waals surface area contributed by atoms with Crippen LogP contribution in [-0.4, -0.2) is 46.0 Å². The molecule has 1 aromatic heterocycles. The van der Waals surface area contributed by atoms with E-state index >= 15 is 0 Å². The Bertz CT molecular complexity index is 1190. The number of carboxylic acids is 1. The number of amides is 2. The maximum Gasteiger partial charge on any atom is 0.412 e. The number of nitrogens with one attached hydrogen (secondary N) is 2. The minimum atomic E-state index is -1.17. The van der Waals surface area contributed by atoms with Gasteiger partial charge in [-0.05, 0) is 44.9 Å². The van der Waals surface area contributed by atoms with E-state index in [0.29, 0.717) is 0 Å². The van der Waals surface area contributed by atoms with E-state index in [1.165, 1.54) is 0 Å². The predicted molar refractivity (Wildman–Crippen MR) is 126 cm³/mol. The zero-order valence-electron chi connectivity index (χ0n) is 19.4. The summed E-state index contributed by atoms with van der Waals surface area (Å²) in [5.41, 5.74) is 3.98. The molecule has 4 rings (SSSR count). The summed E-state index contributed by atoms with van der Waals surface area (Å²) in [6, 6.07) is 14.8. The second-order valence-electron chi connectivity index (χ2n) is 8.53. The number of carboxylic acid groups (broad SMARTS) is 1. The molecule has 0 bridgehead atoms. The second kappa shape index (κ2) is 10.4. The molecular formula is C25H26N4O6. The number of aliphatic carboxylic acids is 1. The Morgan fingerprint density at radius 2 is 1.69 bits per heavy atom. The molecule has 35 heavy (non-hydrogen) atoms. The number of carbonyl (C=O) groups is 3. The molecule has 0 saturated heterocycles. The van der Waals surface area contributed by atoms with Gasteiger partial charge in [-0.25, -0.2) is 14.2 Å². The minimum absolute atomic E-state index is 0.0721. The van der Waals surface area contributed by atoms with Gasteiger partial charge in [0.05, 0.1) is 0 Å². The molecule has 1 aliphatic carbocycles. The number of aromatic nitrogens is 2. The summed E-state index contributed by atoms with van der Waals surface area (Å²) >= 11 is 0. The van der Waals surface area contributed by atoms with E-state index in [9.17, 15) is 19.5 Å². The Labute approximate surface area is 201 Å². The lowest BCUT2D eigenvalue weighted by Gasteiger charge is -2.17. The fraction of sp³-hybridized carbons (Fsp3) is 0.320. The van der Waals surface area contributed by atoms with E-state index in [0.717, 1.165) is 28.7 Å². The normalized spacial score (nSPS) is 13.9. The number of hydrogen-bond donors (Lipinski definition) is 3. The van der Waals surface area contributed by atoms with Crippen molar-refractivity contribution in [1.29, 1.82) is 0 Å². The largest absolute Gasteiger partial charge is 0.480 e. The van der Waals surface area contributed by atoms with Crippen molar-refractivity contribution in [3.8, 4) is 11.1 Å². The summed E-state index contributed by atoms with van der Waals surface area (Å²) in [7, 11) is 0. The van der Waals surface area contributed by atoms with Gasteiger partial charge >= 0.3 is 12.1 Å². The van der Waals surface area contributed by atoms with Crippen LogP contribution in [0.1, 0.15) is 54.2 Å². The third kappa shape index (κ3) is 5.16. The molecule has 10 nitrogen and oxygen atoms in total. The van der Waals surface area contributed by atoms with Crippen molar-refractivity contribution in [1.82, 2.24) is 15.6 Å². The van der Waals surface area contributed by atoms with E-state index in [1.54, 1.807) is 0 Å². The first-order valence-corrected chi connectivity index (χ1v) is 11.4. The van der Waals surface area contributed by atoms with Gasteiger partial charge in [-0.1, -0.05) is 68.8 Å². The first-order valence-electron chi connectivity index (χ1n) is 11.4. The molecule has 0 spiro atoms. The highest BCUT2D eigenvalue weighted by Crippen LogP contribution is 2.44. The molecule has 0 aliphatic heterocycles. The zero-order valence-corrected chi connectivity index (χ0v) is 19.4. The monoisotopic (exact) mass is 478 g/mol. The molecular weight excluding hydrogens is 452 g/mol. The number of ether oxygens (including phenoxy) is 1. The maximum absolute atomic E-state index is 12.6. The molecule has 2 amide bonds. The molecule has 10 heteroatoms. The molecule has 0 fully saturated rings. The first-order chi connectivity index (χ1) is 16.9. The standard InChI is InChI=1S/C25H26N4O6/c1-3-14(2)12-20(24(31)32)26-23(30)21-22(29-35-28-21)27-25(33)34-13-19-17-10-6-4-8-15(17)16-9-5-7-11-18(16)19/h4-11,14,19-20H,3,12-13H2,1-2H3,(H,26,30)(H,31,32)(H,27,29,33). The molecule has 1 heterocycles. The second-order valence-corrected chi connectivity index (χ2v) is 8.53. The lowest BCUT2D eigenvalue weighted by Crippen LogP contribution is -2.42. The highest BCUT2D eigenvalue weighted by atomic mass is 16.6. The molecule has 3 aromatic rings. The molecule has 2 unspecified atom stereocenters. The maximum atomic E-state index is 12.6. The van der Waals surface area contributed by atoms with Gasteiger partial charge in [-0.3, -0.25) is 10.1 Å². The van der Waals surface area contributed by atoms with Gasteiger partial charge in [0.2, 0.25) is 11.5 Å². The van der Waals surface area contributed by atoms with Crippen molar-refractivity contribution in [3.05, 3.63) is 65.4 Å².